The van der Waals surface area contributed by atoms with Crippen molar-refractivity contribution in [2.75, 3.05) is 19.0 Å². The molecule has 6 nitrogen and oxygen atoms in total. The van der Waals surface area contributed by atoms with E-state index in [4.69, 9.17) is 4.74 Å². The van der Waals surface area contributed by atoms with E-state index in [0.29, 0.717) is 32.6 Å². The predicted molar refractivity (Wildman–Crippen MR) is 118 cm³/mol. The number of hydrogen-bond donors (Lipinski definition) is 2. The maximum absolute atomic E-state index is 12.9. The predicted octanol–water partition coefficient (Wildman–Crippen LogP) is 4.06. The van der Waals surface area contributed by atoms with Crippen molar-refractivity contribution in [1.82, 2.24) is 5.32 Å². The van der Waals surface area contributed by atoms with Crippen LogP contribution in [0, 0.1) is 0 Å². The van der Waals surface area contributed by atoms with E-state index in [0.717, 1.165) is 0 Å². The largest absolute Gasteiger partial charge is 0.497 e. The number of nitrogens with one attached hydrogen (secondary N) is 2. The van der Waals surface area contributed by atoms with E-state index in [1.165, 1.54) is 0 Å². The van der Waals surface area contributed by atoms with Gasteiger partial charge in [-0.2, -0.15) is 0 Å². The molecule has 0 saturated carbocycles. The number of benzene rings is 3. The molecule has 2 amide bonds. The SMILES string of the molecule is COc1ccc(C(=O)NCC(=O)Nc2ccc(Br)cc2C(=O)c2ccccc2)cc1. The summed E-state index contributed by atoms with van der Waals surface area (Å²) in [5.74, 6) is -0.407. The minimum absolute atomic E-state index is 0.213. The second kappa shape index (κ2) is 9.84. The first-order valence-electron chi connectivity index (χ1n) is 9.09. The summed E-state index contributed by atoms with van der Waals surface area (Å²) in [6, 6.07) is 20.4. The topological polar surface area (TPSA) is 84.5 Å². The van der Waals surface area contributed by atoms with Gasteiger partial charge in [0.25, 0.3) is 5.91 Å². The summed E-state index contributed by atoms with van der Waals surface area (Å²) in [6.07, 6.45) is 0. The molecule has 0 fully saturated rings. The summed E-state index contributed by atoms with van der Waals surface area (Å²) in [4.78, 5) is 37.4. The number of anilines is 1. The Morgan fingerprint density at radius 2 is 1.60 bits per heavy atom. The zero-order valence-corrected chi connectivity index (χ0v) is 17.7. The number of methoxy groups -OCH3 is 1. The molecule has 0 atom stereocenters. The Hall–Kier alpha value is -3.45. The maximum Gasteiger partial charge on any atom is 0.251 e. The number of carbonyl (C=O) groups excluding carboxylic acids is 3. The minimum atomic E-state index is -0.443. The average Bonchev–Trinajstić information content (AvgIpc) is 2.78. The average molecular weight is 467 g/mol. The first-order chi connectivity index (χ1) is 14.5. The number of rotatable bonds is 7. The van der Waals surface area contributed by atoms with Crippen LogP contribution < -0.4 is 15.4 Å². The van der Waals surface area contributed by atoms with E-state index >= 15 is 0 Å². The summed E-state index contributed by atoms with van der Waals surface area (Å²) in [6.45, 7) is -0.236. The Kier molecular flexibility index (Phi) is 6.98. The van der Waals surface area contributed by atoms with Gasteiger partial charge >= 0.3 is 0 Å². The molecule has 3 rings (SSSR count). The third-order valence-electron chi connectivity index (χ3n) is 4.30. The standard InChI is InChI=1S/C23H19BrN2O4/c1-30-18-10-7-16(8-11-18)23(29)25-14-21(27)26-20-12-9-17(24)13-19(20)22(28)15-5-3-2-4-6-15/h2-13H,14H2,1H3,(H,25,29)(H,26,27). The van der Waals surface area contributed by atoms with Crippen molar-refractivity contribution in [2.24, 2.45) is 0 Å². The number of ketones is 1. The Morgan fingerprint density at radius 1 is 0.900 bits per heavy atom. The van der Waals surface area contributed by atoms with Crippen LogP contribution in [-0.4, -0.2) is 31.3 Å². The van der Waals surface area contributed by atoms with Crippen molar-refractivity contribution in [2.45, 2.75) is 0 Å². The zero-order valence-electron chi connectivity index (χ0n) is 16.1. The van der Waals surface area contributed by atoms with Crippen LogP contribution in [0.1, 0.15) is 26.3 Å². The van der Waals surface area contributed by atoms with E-state index in [-0.39, 0.29) is 18.2 Å². The molecule has 0 aromatic heterocycles. The molecule has 0 radical (unpaired) electrons. The lowest BCUT2D eigenvalue weighted by Gasteiger charge is -2.12. The van der Waals surface area contributed by atoms with Crippen molar-refractivity contribution in [3.05, 3.63) is 94.0 Å². The smallest absolute Gasteiger partial charge is 0.251 e. The van der Waals surface area contributed by atoms with Gasteiger partial charge in [-0.05, 0) is 42.5 Å². The van der Waals surface area contributed by atoms with Gasteiger partial charge in [0.15, 0.2) is 5.78 Å². The van der Waals surface area contributed by atoms with Crippen molar-refractivity contribution in [1.29, 1.82) is 0 Å². The van der Waals surface area contributed by atoms with E-state index in [1.807, 2.05) is 6.07 Å². The molecule has 7 heteroatoms. The summed E-state index contributed by atoms with van der Waals surface area (Å²) in [7, 11) is 1.54. The zero-order chi connectivity index (χ0) is 21.5. The molecule has 152 valence electrons. The van der Waals surface area contributed by atoms with Gasteiger partial charge in [0.1, 0.15) is 5.75 Å². The fraction of sp³-hybridized carbons (Fsp3) is 0.0870. The number of amides is 2. The summed E-state index contributed by atoms with van der Waals surface area (Å²) < 4.78 is 5.77. The summed E-state index contributed by atoms with van der Waals surface area (Å²) in [5.41, 5.74) is 1.65. The second-order valence-electron chi connectivity index (χ2n) is 6.34. The highest BCUT2D eigenvalue weighted by Gasteiger charge is 2.16. The fourth-order valence-electron chi connectivity index (χ4n) is 2.76. The molecule has 0 spiro atoms. The van der Waals surface area contributed by atoms with Gasteiger partial charge in [0.2, 0.25) is 5.91 Å². The van der Waals surface area contributed by atoms with Crippen LogP contribution in [0.25, 0.3) is 0 Å². The van der Waals surface area contributed by atoms with Crippen molar-refractivity contribution < 1.29 is 19.1 Å². The highest BCUT2D eigenvalue weighted by molar-refractivity contribution is 9.10. The molecule has 30 heavy (non-hydrogen) atoms. The number of carbonyl (C=O) groups is 3. The molecular weight excluding hydrogens is 448 g/mol. The van der Waals surface area contributed by atoms with Crippen LogP contribution in [0.2, 0.25) is 0 Å². The van der Waals surface area contributed by atoms with E-state index in [1.54, 1.807) is 73.8 Å². The number of ether oxygens (including phenoxy) is 1. The van der Waals surface area contributed by atoms with E-state index in [2.05, 4.69) is 26.6 Å². The fourth-order valence-corrected chi connectivity index (χ4v) is 3.12. The van der Waals surface area contributed by atoms with Crippen LogP contribution >= 0.6 is 15.9 Å². The molecule has 0 bridgehead atoms. The minimum Gasteiger partial charge on any atom is -0.497 e. The first kappa shape index (κ1) is 21.3. The summed E-state index contributed by atoms with van der Waals surface area (Å²) in [5, 5.41) is 5.26. The van der Waals surface area contributed by atoms with Gasteiger partial charge in [0, 0.05) is 21.2 Å². The molecule has 0 heterocycles. The Balaban J connectivity index is 1.67. The number of hydrogen-bond acceptors (Lipinski definition) is 4. The van der Waals surface area contributed by atoms with Crippen molar-refractivity contribution >= 4 is 39.2 Å². The lowest BCUT2D eigenvalue weighted by molar-refractivity contribution is -0.115. The van der Waals surface area contributed by atoms with E-state index in [9.17, 15) is 14.4 Å². The highest BCUT2D eigenvalue weighted by Crippen LogP contribution is 2.24. The van der Waals surface area contributed by atoms with Crippen LogP contribution in [0.15, 0.2) is 77.3 Å². The molecule has 3 aromatic carbocycles. The van der Waals surface area contributed by atoms with Gasteiger partial charge in [-0.15, -0.1) is 0 Å². The Labute approximate surface area is 182 Å². The molecule has 3 aromatic rings. The molecule has 0 aliphatic rings. The Bertz CT molecular complexity index is 1070. The normalized spacial score (nSPS) is 10.2. The third kappa shape index (κ3) is 5.33. The van der Waals surface area contributed by atoms with E-state index < -0.39 is 5.91 Å². The van der Waals surface area contributed by atoms with Gasteiger partial charge in [-0.3, -0.25) is 14.4 Å². The van der Waals surface area contributed by atoms with Gasteiger partial charge < -0.3 is 15.4 Å². The molecule has 2 N–H and O–H groups in total. The van der Waals surface area contributed by atoms with Crippen LogP contribution in [0.5, 0.6) is 5.75 Å². The molecule has 0 aliphatic heterocycles. The molecule has 0 unspecified atom stereocenters. The van der Waals surface area contributed by atoms with Gasteiger partial charge in [0.05, 0.1) is 19.3 Å². The lowest BCUT2D eigenvalue weighted by Crippen LogP contribution is -2.33. The lowest BCUT2D eigenvalue weighted by atomic mass is 10.0. The Morgan fingerprint density at radius 3 is 2.27 bits per heavy atom. The maximum atomic E-state index is 12.9. The quantitative estimate of drug-likeness (QED) is 0.514. The van der Waals surface area contributed by atoms with Gasteiger partial charge in [-0.25, -0.2) is 0 Å². The van der Waals surface area contributed by atoms with Crippen molar-refractivity contribution in [3.8, 4) is 5.75 Å². The first-order valence-corrected chi connectivity index (χ1v) is 9.88. The van der Waals surface area contributed by atoms with Crippen LogP contribution in [-0.2, 0) is 4.79 Å². The molecular formula is C23H19BrN2O4. The van der Waals surface area contributed by atoms with Crippen LogP contribution in [0.3, 0.4) is 0 Å². The monoisotopic (exact) mass is 466 g/mol. The number of halogens is 1. The summed E-state index contributed by atoms with van der Waals surface area (Å²) >= 11 is 3.36. The molecule has 0 saturated heterocycles. The van der Waals surface area contributed by atoms with Crippen molar-refractivity contribution in [3.63, 3.8) is 0 Å². The highest BCUT2D eigenvalue weighted by atomic mass is 79.9. The molecule has 0 aliphatic carbocycles. The van der Waals surface area contributed by atoms with Crippen LogP contribution in [0.4, 0.5) is 5.69 Å². The second-order valence-corrected chi connectivity index (χ2v) is 7.26. The third-order valence-corrected chi connectivity index (χ3v) is 4.79. The van der Waals surface area contributed by atoms with Gasteiger partial charge in [-0.1, -0.05) is 46.3 Å².